The number of hydrogen-bond donors (Lipinski definition) is 1. The second kappa shape index (κ2) is 9.69. The summed E-state index contributed by atoms with van der Waals surface area (Å²) < 4.78 is 55.7. The van der Waals surface area contributed by atoms with Crippen molar-refractivity contribution in [1.29, 1.82) is 0 Å². The summed E-state index contributed by atoms with van der Waals surface area (Å²) in [7, 11) is 0. The molecule has 0 saturated heterocycles. The number of alkyl halides is 3. The Morgan fingerprint density at radius 2 is 2.00 bits per heavy atom. The number of carbonyl (C=O) groups is 2. The minimum atomic E-state index is -4.77. The molecule has 1 N–H and O–H groups in total. The first kappa shape index (κ1) is 22.4. The molecule has 0 aliphatic heterocycles. The Labute approximate surface area is 178 Å². The zero-order valence-corrected chi connectivity index (χ0v) is 16.9. The normalized spacial score (nSPS) is 11.4. The number of nitrogens with zero attached hydrogens (tertiary/aromatic N) is 2. The van der Waals surface area contributed by atoms with E-state index in [2.05, 4.69) is 15.5 Å². The molecule has 3 rings (SSSR count). The highest BCUT2D eigenvalue weighted by atomic mass is 32.2. The topological polar surface area (TPSA) is 107 Å². The number of esters is 1. The average molecular weight is 455 g/mol. The largest absolute Gasteiger partial charge is 0.465 e. The number of Topliss-reactive ketones (excluding diaryl/α,β-unsaturated/α-hetero) is 1. The predicted octanol–water partition coefficient (Wildman–Crippen LogP) is 4.30. The van der Waals surface area contributed by atoms with Crippen molar-refractivity contribution in [2.45, 2.75) is 18.3 Å². The maximum atomic E-state index is 13.5. The molecule has 0 aliphatic rings. The van der Waals surface area contributed by atoms with Gasteiger partial charge in [-0.05, 0) is 31.2 Å². The highest BCUT2D eigenvalue weighted by Crippen LogP contribution is 2.36. The molecule has 2 aromatic heterocycles. The van der Waals surface area contributed by atoms with E-state index in [1.165, 1.54) is 12.3 Å². The van der Waals surface area contributed by atoms with Gasteiger partial charge in [-0.1, -0.05) is 17.8 Å². The fourth-order valence-corrected chi connectivity index (χ4v) is 3.22. The molecule has 0 amide bonds. The molecule has 0 aliphatic carbocycles. The van der Waals surface area contributed by atoms with Gasteiger partial charge in [-0.15, -0.1) is 10.2 Å². The summed E-state index contributed by atoms with van der Waals surface area (Å²) in [5.74, 6) is -1.50. The fraction of sp³-hybridized carbons (Fsp3) is 0.263. The predicted molar refractivity (Wildman–Crippen MR) is 104 cm³/mol. The Morgan fingerprint density at radius 3 is 2.68 bits per heavy atom. The first-order valence-electron chi connectivity index (χ1n) is 8.92. The van der Waals surface area contributed by atoms with E-state index in [9.17, 15) is 22.8 Å². The highest BCUT2D eigenvalue weighted by Gasteiger charge is 2.36. The van der Waals surface area contributed by atoms with Gasteiger partial charge in [-0.2, -0.15) is 13.2 Å². The van der Waals surface area contributed by atoms with Crippen molar-refractivity contribution in [1.82, 2.24) is 10.2 Å². The van der Waals surface area contributed by atoms with Crippen molar-refractivity contribution in [3.8, 4) is 11.7 Å². The Morgan fingerprint density at radius 1 is 1.19 bits per heavy atom. The minimum Gasteiger partial charge on any atom is -0.465 e. The lowest BCUT2D eigenvalue weighted by Gasteiger charge is -2.16. The van der Waals surface area contributed by atoms with E-state index < -0.39 is 41.4 Å². The van der Waals surface area contributed by atoms with Crippen LogP contribution in [0.4, 0.5) is 18.9 Å². The summed E-state index contributed by atoms with van der Waals surface area (Å²) in [5, 5.41) is 10.0. The highest BCUT2D eigenvalue weighted by molar-refractivity contribution is 7.99. The van der Waals surface area contributed by atoms with E-state index in [4.69, 9.17) is 13.6 Å². The van der Waals surface area contributed by atoms with Crippen LogP contribution in [-0.4, -0.2) is 40.9 Å². The molecule has 8 nitrogen and oxygen atoms in total. The number of anilines is 1. The van der Waals surface area contributed by atoms with Gasteiger partial charge < -0.3 is 18.9 Å². The molecule has 3 aromatic rings. The van der Waals surface area contributed by atoms with Crippen LogP contribution in [-0.2, 0) is 15.7 Å². The van der Waals surface area contributed by atoms with Crippen molar-refractivity contribution in [3.05, 3.63) is 47.7 Å². The summed E-state index contributed by atoms with van der Waals surface area (Å²) in [6.45, 7) is 1.33. The average Bonchev–Trinajstić information content (AvgIpc) is 3.41. The first-order valence-corrected chi connectivity index (χ1v) is 9.91. The lowest BCUT2D eigenvalue weighted by Crippen LogP contribution is -2.21. The van der Waals surface area contributed by atoms with Gasteiger partial charge in [0.15, 0.2) is 11.5 Å². The lowest BCUT2D eigenvalue weighted by molar-refractivity contribution is -0.141. The van der Waals surface area contributed by atoms with Gasteiger partial charge in [-0.25, -0.2) is 0 Å². The number of carbonyl (C=O) groups excluding carboxylic acids is 2. The summed E-state index contributed by atoms with van der Waals surface area (Å²) in [6, 6.07) is 6.44. The molecule has 2 heterocycles. The molecule has 0 atom stereocenters. The van der Waals surface area contributed by atoms with E-state index in [1.54, 1.807) is 19.1 Å². The van der Waals surface area contributed by atoms with Gasteiger partial charge in [0.2, 0.25) is 0 Å². The number of furan rings is 1. The second-order valence-electron chi connectivity index (χ2n) is 5.95. The molecule has 0 unspecified atom stereocenters. The zero-order chi connectivity index (χ0) is 22.4. The number of rotatable bonds is 9. The van der Waals surface area contributed by atoms with Crippen LogP contribution in [0.5, 0.6) is 0 Å². The van der Waals surface area contributed by atoms with Crippen molar-refractivity contribution >= 4 is 29.2 Å². The summed E-state index contributed by atoms with van der Waals surface area (Å²) in [4.78, 5) is 24.3. The van der Waals surface area contributed by atoms with Crippen molar-refractivity contribution in [2.24, 2.45) is 0 Å². The number of thioether (sulfide) groups is 1. The van der Waals surface area contributed by atoms with Crippen molar-refractivity contribution < 1.29 is 36.3 Å². The maximum Gasteiger partial charge on any atom is 0.417 e. The van der Waals surface area contributed by atoms with Gasteiger partial charge in [0, 0.05) is 5.69 Å². The van der Waals surface area contributed by atoms with Gasteiger partial charge >= 0.3 is 12.1 Å². The minimum absolute atomic E-state index is 0.00901. The molecular weight excluding hydrogens is 439 g/mol. The number of halogens is 3. The molecule has 12 heteroatoms. The fourth-order valence-electron chi connectivity index (χ4n) is 2.58. The van der Waals surface area contributed by atoms with E-state index >= 15 is 0 Å². The number of hydrogen-bond acceptors (Lipinski definition) is 9. The number of ketones is 1. The van der Waals surface area contributed by atoms with Crippen LogP contribution in [0.15, 0.2) is 50.7 Å². The molecule has 31 heavy (non-hydrogen) atoms. The maximum absolute atomic E-state index is 13.5. The van der Waals surface area contributed by atoms with E-state index in [0.717, 1.165) is 23.9 Å². The van der Waals surface area contributed by atoms with Gasteiger partial charge in [0.25, 0.3) is 11.1 Å². The van der Waals surface area contributed by atoms with E-state index in [0.29, 0.717) is 5.76 Å². The Hall–Kier alpha value is -3.28. The molecule has 0 fully saturated rings. The summed E-state index contributed by atoms with van der Waals surface area (Å²) in [6.07, 6.45) is -3.36. The van der Waals surface area contributed by atoms with Crippen molar-refractivity contribution in [3.63, 3.8) is 0 Å². The zero-order valence-electron chi connectivity index (χ0n) is 16.1. The summed E-state index contributed by atoms with van der Waals surface area (Å²) in [5.41, 5.74) is -1.83. The molecule has 0 spiro atoms. The molecular formula is C19H16F3N3O5S. The molecule has 1 aromatic carbocycles. The lowest BCUT2D eigenvalue weighted by atomic mass is 10.0. The molecule has 0 bridgehead atoms. The van der Waals surface area contributed by atoms with Crippen LogP contribution in [0.2, 0.25) is 0 Å². The SMILES string of the molecule is CCOC(=O)CNc1cccc(C(F)(F)F)c1C(=O)CSc1nnc(-c2ccco2)o1. The van der Waals surface area contributed by atoms with Crippen molar-refractivity contribution in [2.75, 3.05) is 24.2 Å². The smallest absolute Gasteiger partial charge is 0.417 e. The third-order valence-electron chi connectivity index (χ3n) is 3.84. The molecule has 0 saturated carbocycles. The molecule has 0 radical (unpaired) electrons. The van der Waals surface area contributed by atoms with E-state index in [1.807, 2.05) is 0 Å². The standard InChI is InChI=1S/C19H16F3N3O5S/c1-2-28-15(27)9-23-12-6-3-5-11(19(20,21)22)16(12)13(26)10-31-18-25-24-17(30-18)14-7-4-8-29-14/h3-8,23H,2,9-10H2,1H3. The second-order valence-corrected chi connectivity index (χ2v) is 6.87. The van der Waals surface area contributed by atoms with Crippen LogP contribution in [0.1, 0.15) is 22.8 Å². The first-order chi connectivity index (χ1) is 14.8. The number of ether oxygens (including phenoxy) is 1. The van der Waals surface area contributed by atoms with E-state index in [-0.39, 0.29) is 23.4 Å². The van der Waals surface area contributed by atoms with Crippen LogP contribution >= 0.6 is 11.8 Å². The monoisotopic (exact) mass is 455 g/mol. The Balaban J connectivity index is 1.78. The van der Waals surface area contributed by atoms with Gasteiger partial charge in [0.05, 0.1) is 29.7 Å². The Kier molecular flexibility index (Phi) is 7.00. The van der Waals surface area contributed by atoms with Crippen LogP contribution in [0.25, 0.3) is 11.7 Å². The quantitative estimate of drug-likeness (QED) is 0.287. The number of nitrogens with one attached hydrogen (secondary N) is 1. The van der Waals surface area contributed by atoms with Gasteiger partial charge in [-0.3, -0.25) is 9.59 Å². The number of benzene rings is 1. The Bertz CT molecular complexity index is 1050. The third kappa shape index (κ3) is 5.66. The third-order valence-corrected chi connectivity index (χ3v) is 4.66. The van der Waals surface area contributed by atoms with Gasteiger partial charge in [0.1, 0.15) is 6.54 Å². The summed E-state index contributed by atoms with van der Waals surface area (Å²) >= 11 is 0.784. The van der Waals surface area contributed by atoms with Crippen LogP contribution in [0.3, 0.4) is 0 Å². The van der Waals surface area contributed by atoms with Crippen LogP contribution in [0, 0.1) is 0 Å². The number of aromatic nitrogens is 2. The van der Waals surface area contributed by atoms with Crippen LogP contribution < -0.4 is 5.32 Å². The molecule has 164 valence electrons.